The van der Waals surface area contributed by atoms with E-state index in [0.29, 0.717) is 10.9 Å². The number of ether oxygens (including phenoxy) is 1. The fourth-order valence-electron chi connectivity index (χ4n) is 3.25. The van der Waals surface area contributed by atoms with Crippen molar-refractivity contribution in [3.63, 3.8) is 0 Å². The first-order chi connectivity index (χ1) is 13.0. The summed E-state index contributed by atoms with van der Waals surface area (Å²) in [4.78, 5) is 4.77. The summed E-state index contributed by atoms with van der Waals surface area (Å²) < 4.78 is 5.41. The number of nitrogens with two attached hydrogens (primary N) is 1. The summed E-state index contributed by atoms with van der Waals surface area (Å²) in [6, 6.07) is 12.1. The molecule has 3 rings (SSSR count). The predicted octanol–water partition coefficient (Wildman–Crippen LogP) is 6.43. The molecule has 3 N–H and O–H groups in total. The average molecular weight is 479 g/mol. The van der Waals surface area contributed by atoms with Gasteiger partial charge in [-0.2, -0.15) is 0 Å². The number of pyridine rings is 1. The molecule has 0 spiro atoms. The van der Waals surface area contributed by atoms with Crippen molar-refractivity contribution in [1.29, 1.82) is 0 Å². The SMILES string of the molecule is COc1ccc2nc3cc(Cl)ccc3c(NC(C)CCC(N)CCCl)c2c1.Cl.Cl. The van der Waals surface area contributed by atoms with Gasteiger partial charge >= 0.3 is 0 Å². The molecule has 0 aliphatic rings. The summed E-state index contributed by atoms with van der Waals surface area (Å²) in [6.07, 6.45) is 2.73. The molecule has 0 saturated heterocycles. The summed E-state index contributed by atoms with van der Waals surface area (Å²) in [5.41, 5.74) is 8.92. The van der Waals surface area contributed by atoms with E-state index in [9.17, 15) is 0 Å². The van der Waals surface area contributed by atoms with Gasteiger partial charge in [0, 0.05) is 33.8 Å². The molecule has 1 heterocycles. The number of nitrogens with one attached hydrogen (secondary N) is 1. The molecular weight excluding hydrogens is 452 g/mol. The molecule has 0 aliphatic carbocycles. The molecule has 2 unspecified atom stereocenters. The molecule has 29 heavy (non-hydrogen) atoms. The Morgan fingerprint density at radius 1 is 1.03 bits per heavy atom. The summed E-state index contributed by atoms with van der Waals surface area (Å²) in [6.45, 7) is 2.17. The molecule has 0 bridgehead atoms. The maximum Gasteiger partial charge on any atom is 0.119 e. The molecule has 0 aliphatic heterocycles. The number of alkyl halides is 1. The van der Waals surface area contributed by atoms with Crippen molar-refractivity contribution in [2.24, 2.45) is 5.73 Å². The molecule has 2 atom stereocenters. The van der Waals surface area contributed by atoms with Crippen LogP contribution in [0, 0.1) is 0 Å². The Morgan fingerprint density at radius 2 is 1.79 bits per heavy atom. The number of fused-ring (bicyclic) bond motifs is 2. The minimum atomic E-state index is 0. The Balaban J connectivity index is 0.00000210. The lowest BCUT2D eigenvalue weighted by Crippen LogP contribution is -2.24. The van der Waals surface area contributed by atoms with Crippen LogP contribution in [-0.2, 0) is 0 Å². The van der Waals surface area contributed by atoms with E-state index in [1.807, 2.05) is 36.4 Å². The van der Waals surface area contributed by atoms with Crippen LogP contribution < -0.4 is 15.8 Å². The van der Waals surface area contributed by atoms with Crippen molar-refractivity contribution in [3.8, 4) is 5.75 Å². The maximum atomic E-state index is 6.18. The number of nitrogens with zero attached hydrogens (tertiary/aromatic N) is 1. The number of halogens is 4. The highest BCUT2D eigenvalue weighted by Gasteiger charge is 2.14. The minimum Gasteiger partial charge on any atom is -0.497 e. The highest BCUT2D eigenvalue weighted by molar-refractivity contribution is 6.31. The molecule has 0 fully saturated rings. The van der Waals surface area contributed by atoms with Crippen molar-refractivity contribution in [2.75, 3.05) is 18.3 Å². The molecule has 4 nitrogen and oxygen atoms in total. The molecule has 3 aromatic rings. The van der Waals surface area contributed by atoms with Crippen molar-refractivity contribution in [2.45, 2.75) is 38.3 Å². The standard InChI is InChI=1S/C21H25Cl2N3O.2ClH/c1-13(3-5-15(24)9-10-22)25-21-17-7-4-14(23)11-20(17)26-19-8-6-16(27-2)12-18(19)21;;/h4,6-8,11-13,15H,3,5,9-10,24H2,1-2H3,(H,25,26);2*1H. The molecule has 2 aromatic carbocycles. The van der Waals surface area contributed by atoms with Crippen LogP contribution >= 0.6 is 48.0 Å². The van der Waals surface area contributed by atoms with Crippen LogP contribution in [0.2, 0.25) is 5.02 Å². The van der Waals surface area contributed by atoms with Crippen LogP contribution in [0.5, 0.6) is 5.75 Å². The zero-order chi connectivity index (χ0) is 19.4. The van der Waals surface area contributed by atoms with Crippen LogP contribution in [-0.4, -0.2) is 30.1 Å². The summed E-state index contributed by atoms with van der Waals surface area (Å²) in [5.74, 6) is 1.40. The first-order valence-corrected chi connectivity index (χ1v) is 10.1. The predicted molar refractivity (Wildman–Crippen MR) is 131 cm³/mol. The number of hydrogen-bond acceptors (Lipinski definition) is 4. The second-order valence-electron chi connectivity index (χ2n) is 6.89. The third-order valence-electron chi connectivity index (χ3n) is 4.78. The van der Waals surface area contributed by atoms with E-state index in [0.717, 1.165) is 52.5 Å². The topological polar surface area (TPSA) is 60.2 Å². The Labute approximate surface area is 194 Å². The smallest absolute Gasteiger partial charge is 0.119 e. The van der Waals surface area contributed by atoms with E-state index >= 15 is 0 Å². The Kier molecular flexibility index (Phi) is 10.6. The number of benzene rings is 2. The van der Waals surface area contributed by atoms with Gasteiger partial charge in [-0.25, -0.2) is 4.98 Å². The van der Waals surface area contributed by atoms with Crippen molar-refractivity contribution in [1.82, 2.24) is 4.98 Å². The second-order valence-corrected chi connectivity index (χ2v) is 7.71. The van der Waals surface area contributed by atoms with Crippen molar-refractivity contribution >= 4 is 75.5 Å². The molecule has 8 heteroatoms. The molecule has 0 saturated carbocycles. The van der Waals surface area contributed by atoms with Gasteiger partial charge in [0.2, 0.25) is 0 Å². The Hall–Kier alpha value is -1.17. The van der Waals surface area contributed by atoms with E-state index < -0.39 is 0 Å². The number of methoxy groups -OCH3 is 1. The highest BCUT2D eigenvalue weighted by atomic mass is 35.5. The highest BCUT2D eigenvalue weighted by Crippen LogP contribution is 2.34. The van der Waals surface area contributed by atoms with Gasteiger partial charge in [-0.15, -0.1) is 36.4 Å². The van der Waals surface area contributed by atoms with Gasteiger partial charge in [-0.05, 0) is 62.6 Å². The maximum absolute atomic E-state index is 6.18. The molecular formula is C21H27Cl4N3O. The largest absolute Gasteiger partial charge is 0.497 e. The summed E-state index contributed by atoms with van der Waals surface area (Å²) in [7, 11) is 1.67. The first-order valence-electron chi connectivity index (χ1n) is 9.17. The van der Waals surface area contributed by atoms with Crippen molar-refractivity contribution in [3.05, 3.63) is 41.4 Å². The molecule has 1 aromatic heterocycles. The fraction of sp³-hybridized carbons (Fsp3) is 0.381. The van der Waals surface area contributed by atoms with E-state index in [1.165, 1.54) is 0 Å². The number of rotatable bonds is 8. The van der Waals surface area contributed by atoms with Gasteiger partial charge in [0.15, 0.2) is 0 Å². The molecule has 0 amide bonds. The van der Waals surface area contributed by atoms with Gasteiger partial charge in [0.1, 0.15) is 5.75 Å². The monoisotopic (exact) mass is 477 g/mol. The van der Waals surface area contributed by atoms with E-state index in [-0.39, 0.29) is 36.9 Å². The molecule has 160 valence electrons. The lowest BCUT2D eigenvalue weighted by Gasteiger charge is -2.20. The number of anilines is 1. The van der Waals surface area contributed by atoms with Crippen LogP contribution in [0.15, 0.2) is 36.4 Å². The molecule has 0 radical (unpaired) electrons. The zero-order valence-corrected chi connectivity index (χ0v) is 19.6. The van der Waals surface area contributed by atoms with Crippen LogP contribution in [0.3, 0.4) is 0 Å². The summed E-state index contributed by atoms with van der Waals surface area (Å²) >= 11 is 12.0. The first kappa shape index (κ1) is 25.9. The lowest BCUT2D eigenvalue weighted by molar-refractivity contribution is 0.415. The summed E-state index contributed by atoms with van der Waals surface area (Å²) in [5, 5.41) is 6.41. The zero-order valence-electron chi connectivity index (χ0n) is 16.5. The van der Waals surface area contributed by atoms with Gasteiger partial charge in [0.25, 0.3) is 0 Å². The third-order valence-corrected chi connectivity index (χ3v) is 5.24. The Bertz CT molecular complexity index is 939. The van der Waals surface area contributed by atoms with Gasteiger partial charge < -0.3 is 15.8 Å². The van der Waals surface area contributed by atoms with Crippen LogP contribution in [0.25, 0.3) is 21.8 Å². The number of aromatic nitrogens is 1. The van der Waals surface area contributed by atoms with Crippen LogP contribution in [0.1, 0.15) is 26.2 Å². The minimum absolute atomic E-state index is 0. The van der Waals surface area contributed by atoms with Crippen molar-refractivity contribution < 1.29 is 4.74 Å². The third kappa shape index (κ3) is 6.40. The van der Waals surface area contributed by atoms with E-state index in [2.05, 4.69) is 12.2 Å². The van der Waals surface area contributed by atoms with Gasteiger partial charge in [-0.3, -0.25) is 0 Å². The number of hydrogen-bond donors (Lipinski definition) is 2. The van der Waals surface area contributed by atoms with Gasteiger partial charge in [0.05, 0.1) is 23.8 Å². The van der Waals surface area contributed by atoms with Crippen LogP contribution in [0.4, 0.5) is 5.69 Å². The Morgan fingerprint density at radius 3 is 2.48 bits per heavy atom. The van der Waals surface area contributed by atoms with E-state index in [4.69, 9.17) is 38.7 Å². The fourth-order valence-corrected chi connectivity index (χ4v) is 3.69. The average Bonchev–Trinajstić information content (AvgIpc) is 2.66. The second kappa shape index (κ2) is 11.9. The quantitative estimate of drug-likeness (QED) is 0.289. The van der Waals surface area contributed by atoms with E-state index in [1.54, 1.807) is 7.11 Å². The normalized spacial score (nSPS) is 12.7. The lowest BCUT2D eigenvalue weighted by atomic mass is 10.0. The van der Waals surface area contributed by atoms with Gasteiger partial charge in [-0.1, -0.05) is 11.6 Å².